The predicted molar refractivity (Wildman–Crippen MR) is 134 cm³/mol. The standard InChI is InChI=1S/C29H25O2S/c1-4-29(3,25-13-9-10-20(25)2)31-28(30)21-16-18-22(19-17-21)32-26-14-7-5-11-23(26)24-12-6-8-15-27(24)32/h1,5-8,11-12,14-19,25H,2,9-10,13H2,3H3/q+1. The van der Waals surface area contributed by atoms with Gasteiger partial charge in [-0.1, -0.05) is 42.3 Å². The zero-order valence-corrected chi connectivity index (χ0v) is 19.0. The fourth-order valence-electron chi connectivity index (χ4n) is 4.86. The number of benzene rings is 3. The normalized spacial score (nSPS) is 17.9. The molecule has 0 saturated heterocycles. The van der Waals surface area contributed by atoms with Gasteiger partial charge in [-0.15, -0.1) is 6.42 Å². The third-order valence-corrected chi connectivity index (χ3v) is 8.90. The summed E-state index contributed by atoms with van der Waals surface area (Å²) in [7, 11) is -0.185. The molecule has 2 nitrogen and oxygen atoms in total. The summed E-state index contributed by atoms with van der Waals surface area (Å²) in [6.45, 7) is 5.96. The van der Waals surface area contributed by atoms with Crippen LogP contribution in [-0.2, 0) is 4.74 Å². The number of ether oxygens (including phenoxy) is 1. The van der Waals surface area contributed by atoms with E-state index in [1.807, 2.05) is 31.2 Å². The molecule has 3 aromatic carbocycles. The lowest BCUT2D eigenvalue weighted by Crippen LogP contribution is -2.37. The Morgan fingerprint density at radius 2 is 1.62 bits per heavy atom. The first-order chi connectivity index (χ1) is 15.5. The molecule has 0 amide bonds. The molecule has 0 N–H and O–H groups in total. The van der Waals surface area contributed by atoms with Crippen molar-refractivity contribution in [2.24, 2.45) is 5.92 Å². The van der Waals surface area contributed by atoms with Crippen LogP contribution in [0.1, 0.15) is 36.5 Å². The molecule has 0 aliphatic heterocycles. The summed E-state index contributed by atoms with van der Waals surface area (Å²) in [6, 6.07) is 24.9. The zero-order valence-electron chi connectivity index (χ0n) is 18.1. The van der Waals surface area contributed by atoms with E-state index in [1.165, 1.54) is 25.1 Å². The Morgan fingerprint density at radius 3 is 2.16 bits per heavy atom. The second-order valence-corrected chi connectivity index (χ2v) is 10.5. The molecule has 0 radical (unpaired) electrons. The first kappa shape index (κ1) is 20.5. The number of hydrogen-bond acceptors (Lipinski definition) is 2. The van der Waals surface area contributed by atoms with Gasteiger partial charge in [0.25, 0.3) is 0 Å². The molecular weight excluding hydrogens is 412 g/mol. The topological polar surface area (TPSA) is 26.3 Å². The lowest BCUT2D eigenvalue weighted by atomic mass is 9.85. The molecule has 1 aliphatic carbocycles. The predicted octanol–water partition coefficient (Wildman–Crippen LogP) is 7.64. The molecule has 1 saturated carbocycles. The number of hydrogen-bond donors (Lipinski definition) is 0. The molecule has 1 heterocycles. The maximum absolute atomic E-state index is 13.0. The second-order valence-electron chi connectivity index (χ2n) is 8.57. The van der Waals surface area contributed by atoms with Crippen molar-refractivity contribution < 1.29 is 9.53 Å². The summed E-state index contributed by atoms with van der Waals surface area (Å²) >= 11 is 0. The minimum atomic E-state index is -0.964. The average Bonchev–Trinajstić information content (AvgIpc) is 3.41. The third-order valence-electron chi connectivity index (χ3n) is 6.57. The lowest BCUT2D eigenvalue weighted by Gasteiger charge is -2.31. The zero-order chi connectivity index (χ0) is 22.3. The molecule has 1 fully saturated rings. The molecule has 32 heavy (non-hydrogen) atoms. The highest BCUT2D eigenvalue weighted by Gasteiger charge is 2.40. The van der Waals surface area contributed by atoms with Crippen molar-refractivity contribution in [1.29, 1.82) is 0 Å². The third kappa shape index (κ3) is 3.32. The van der Waals surface area contributed by atoms with E-state index in [-0.39, 0.29) is 22.4 Å². The van der Waals surface area contributed by atoms with Gasteiger partial charge in [-0.3, -0.25) is 0 Å². The van der Waals surface area contributed by atoms with Crippen LogP contribution in [0.5, 0.6) is 0 Å². The van der Waals surface area contributed by atoms with Crippen molar-refractivity contribution in [3.8, 4) is 17.2 Å². The lowest BCUT2D eigenvalue weighted by molar-refractivity contribution is -0.00150. The van der Waals surface area contributed by atoms with Crippen molar-refractivity contribution in [3.63, 3.8) is 0 Å². The summed E-state index contributed by atoms with van der Waals surface area (Å²) < 4.78 is 8.52. The molecule has 0 spiro atoms. The first-order valence-corrected chi connectivity index (χ1v) is 12.2. The highest BCUT2D eigenvalue weighted by Crippen LogP contribution is 2.48. The quantitative estimate of drug-likeness (QED) is 0.142. The van der Waals surface area contributed by atoms with Gasteiger partial charge in [-0.05, 0) is 74.7 Å². The van der Waals surface area contributed by atoms with Crippen LogP contribution >= 0.6 is 10.5 Å². The van der Waals surface area contributed by atoms with Crippen LogP contribution in [0.25, 0.3) is 25.1 Å². The van der Waals surface area contributed by atoms with E-state index >= 15 is 0 Å². The molecule has 0 bridgehead atoms. The fraction of sp³-hybridized carbons (Fsp3) is 0.207. The molecule has 4 aromatic rings. The Balaban J connectivity index is 1.48. The highest BCUT2D eigenvalue weighted by molar-refractivity contribution is 7.50. The maximum Gasteiger partial charge on any atom is 0.339 e. The molecule has 158 valence electrons. The summed E-state index contributed by atoms with van der Waals surface area (Å²) in [6.07, 6.45) is 8.70. The van der Waals surface area contributed by atoms with Gasteiger partial charge in [0.05, 0.1) is 5.56 Å². The molecule has 5 rings (SSSR count). The van der Waals surface area contributed by atoms with Gasteiger partial charge in [0.2, 0.25) is 0 Å². The summed E-state index contributed by atoms with van der Waals surface area (Å²) in [5, 5.41) is 2.58. The largest absolute Gasteiger partial charge is 0.442 e. The van der Waals surface area contributed by atoms with E-state index in [0.29, 0.717) is 5.56 Å². The van der Waals surface area contributed by atoms with Gasteiger partial charge in [0.1, 0.15) is 0 Å². The molecule has 3 heteroatoms. The van der Waals surface area contributed by atoms with Crippen LogP contribution in [0.15, 0.2) is 84.9 Å². The van der Waals surface area contributed by atoms with Gasteiger partial charge in [0, 0.05) is 27.2 Å². The monoisotopic (exact) mass is 437 g/mol. The number of carbonyl (C=O) groups excluding carboxylic acids is 1. The number of esters is 1. The first-order valence-electron chi connectivity index (χ1n) is 10.9. The van der Waals surface area contributed by atoms with Crippen molar-refractivity contribution in [2.45, 2.75) is 31.8 Å². The van der Waals surface area contributed by atoms with Gasteiger partial charge >= 0.3 is 5.97 Å². The fourth-order valence-corrected chi connectivity index (χ4v) is 7.24. The smallest absolute Gasteiger partial charge is 0.339 e. The Labute approximate surface area is 191 Å². The van der Waals surface area contributed by atoms with E-state index in [9.17, 15) is 4.79 Å². The van der Waals surface area contributed by atoms with Gasteiger partial charge < -0.3 is 4.74 Å². The Morgan fingerprint density at radius 1 is 1.03 bits per heavy atom. The number of thiophene rings is 1. The van der Waals surface area contributed by atoms with E-state index in [2.05, 4.69) is 61.0 Å². The van der Waals surface area contributed by atoms with Crippen LogP contribution < -0.4 is 0 Å². The summed E-state index contributed by atoms with van der Waals surface area (Å²) in [5.74, 6) is 2.36. The van der Waals surface area contributed by atoms with Crippen molar-refractivity contribution in [1.82, 2.24) is 0 Å². The number of fused-ring (bicyclic) bond motifs is 3. The summed E-state index contributed by atoms with van der Waals surface area (Å²) in [4.78, 5) is 14.1. The molecule has 1 aromatic heterocycles. The van der Waals surface area contributed by atoms with Gasteiger partial charge in [-0.2, -0.15) is 0 Å². The van der Waals surface area contributed by atoms with Crippen LogP contribution in [0, 0.1) is 18.3 Å². The molecular formula is C29H25O2S+. The second kappa shape index (κ2) is 7.97. The minimum Gasteiger partial charge on any atom is -0.442 e. The van der Waals surface area contributed by atoms with E-state index in [1.54, 1.807) is 0 Å². The molecule has 2 atom stereocenters. The minimum absolute atomic E-state index is 0.0173. The maximum atomic E-state index is 13.0. The highest BCUT2D eigenvalue weighted by atomic mass is 32.2. The van der Waals surface area contributed by atoms with Crippen molar-refractivity contribution >= 4 is 36.6 Å². The Kier molecular flexibility index (Phi) is 5.12. The van der Waals surface area contributed by atoms with Crippen molar-refractivity contribution in [2.75, 3.05) is 0 Å². The van der Waals surface area contributed by atoms with Crippen LogP contribution in [0.3, 0.4) is 0 Å². The van der Waals surface area contributed by atoms with Crippen LogP contribution in [0.2, 0.25) is 0 Å². The number of rotatable bonds is 4. The van der Waals surface area contributed by atoms with E-state index in [0.717, 1.165) is 24.8 Å². The Bertz CT molecular complexity index is 1330. The molecule has 1 aliphatic rings. The van der Waals surface area contributed by atoms with E-state index in [4.69, 9.17) is 11.2 Å². The Hall–Kier alpha value is -3.35. The number of terminal acetylenes is 1. The SMILES string of the molecule is C#CC(C)(OC(=O)c1ccc(-[s+]2c3ccccc3c3ccccc32)cc1)C1CCCC1=C. The van der Waals surface area contributed by atoms with Crippen LogP contribution in [-0.4, -0.2) is 11.6 Å². The average molecular weight is 438 g/mol. The van der Waals surface area contributed by atoms with Gasteiger partial charge in [0.15, 0.2) is 19.9 Å². The van der Waals surface area contributed by atoms with E-state index < -0.39 is 5.60 Å². The van der Waals surface area contributed by atoms with Crippen LogP contribution in [0.4, 0.5) is 0 Å². The number of carbonyl (C=O) groups is 1. The van der Waals surface area contributed by atoms with Crippen molar-refractivity contribution in [3.05, 3.63) is 90.5 Å². The van der Waals surface area contributed by atoms with Gasteiger partial charge in [-0.25, -0.2) is 4.79 Å². The summed E-state index contributed by atoms with van der Waals surface area (Å²) in [5.41, 5.74) is 0.630. The molecule has 2 unspecified atom stereocenters.